The number of hydrogen-bond acceptors (Lipinski definition) is 3. The zero-order valence-corrected chi connectivity index (χ0v) is 18.5. The van der Waals surface area contributed by atoms with E-state index < -0.39 is 0 Å². The van der Waals surface area contributed by atoms with Crippen LogP contribution < -0.4 is 4.74 Å². The average molecular weight is 435 g/mol. The number of ether oxygens (including phenoxy) is 1. The number of para-hydroxylation sites is 1. The lowest BCUT2D eigenvalue weighted by atomic mass is 10.1. The lowest BCUT2D eigenvalue weighted by molar-refractivity contribution is -0.130. The first-order valence-corrected chi connectivity index (χ1v) is 10.6. The van der Waals surface area contributed by atoms with E-state index in [0.717, 1.165) is 5.56 Å². The number of halogens is 1. The fourth-order valence-electron chi connectivity index (χ4n) is 4.16. The van der Waals surface area contributed by atoms with E-state index in [4.69, 9.17) is 4.74 Å². The molecule has 2 heterocycles. The molecule has 4 rings (SSSR count). The lowest BCUT2D eigenvalue weighted by Gasteiger charge is -2.34. The number of amides is 2. The Hall–Kier alpha value is -3.61. The van der Waals surface area contributed by atoms with Crippen LogP contribution in [0.2, 0.25) is 0 Å². The molecule has 0 atom stereocenters. The summed E-state index contributed by atoms with van der Waals surface area (Å²) in [6.45, 7) is 5.33. The zero-order chi connectivity index (χ0) is 22.8. The van der Waals surface area contributed by atoms with E-state index in [0.29, 0.717) is 54.6 Å². The number of carbonyl (C=O) groups excluding carboxylic acids is 2. The molecule has 2 aromatic carbocycles. The molecule has 7 heteroatoms. The first kappa shape index (κ1) is 21.6. The molecule has 0 aliphatic carbocycles. The van der Waals surface area contributed by atoms with Crippen molar-refractivity contribution >= 4 is 11.8 Å². The Morgan fingerprint density at radius 1 is 0.938 bits per heavy atom. The quantitative estimate of drug-likeness (QED) is 0.625. The highest BCUT2D eigenvalue weighted by atomic mass is 19.1. The van der Waals surface area contributed by atoms with Gasteiger partial charge in [-0.15, -0.1) is 0 Å². The molecule has 2 amide bonds. The van der Waals surface area contributed by atoms with Crippen molar-refractivity contribution in [1.29, 1.82) is 0 Å². The smallest absolute Gasteiger partial charge is 0.255 e. The number of methoxy groups -OCH3 is 1. The fraction of sp³-hybridized carbons (Fsp3) is 0.280. The molecule has 0 spiro atoms. The van der Waals surface area contributed by atoms with E-state index in [2.05, 4.69) is 0 Å². The summed E-state index contributed by atoms with van der Waals surface area (Å²) < 4.78 is 21.9. The predicted octanol–water partition coefficient (Wildman–Crippen LogP) is 3.90. The highest BCUT2D eigenvalue weighted by Gasteiger charge is 2.27. The molecule has 0 unspecified atom stereocenters. The second-order valence-electron chi connectivity index (χ2n) is 7.85. The van der Waals surface area contributed by atoms with Crippen LogP contribution in [0.5, 0.6) is 5.75 Å². The van der Waals surface area contributed by atoms with Crippen LogP contribution in [0.1, 0.15) is 23.0 Å². The highest BCUT2D eigenvalue weighted by molar-refractivity contribution is 5.97. The van der Waals surface area contributed by atoms with Crippen molar-refractivity contribution in [2.75, 3.05) is 33.3 Å². The summed E-state index contributed by atoms with van der Waals surface area (Å²) in [5.74, 6) is 0.198. The van der Waals surface area contributed by atoms with E-state index in [1.54, 1.807) is 39.7 Å². The molecule has 166 valence electrons. The molecule has 0 radical (unpaired) electrons. The summed E-state index contributed by atoms with van der Waals surface area (Å²) in [7, 11) is 1.59. The van der Waals surface area contributed by atoms with Gasteiger partial charge in [0.15, 0.2) is 0 Å². The maximum atomic E-state index is 14.8. The van der Waals surface area contributed by atoms with Gasteiger partial charge in [-0.1, -0.05) is 24.3 Å². The van der Waals surface area contributed by atoms with Crippen molar-refractivity contribution in [1.82, 2.24) is 14.4 Å². The minimum Gasteiger partial charge on any atom is -0.497 e. The van der Waals surface area contributed by atoms with Crippen molar-refractivity contribution in [3.63, 3.8) is 0 Å². The van der Waals surface area contributed by atoms with Crippen molar-refractivity contribution in [3.8, 4) is 22.7 Å². The van der Waals surface area contributed by atoms with Gasteiger partial charge in [-0.05, 0) is 37.3 Å². The van der Waals surface area contributed by atoms with Crippen LogP contribution in [0.3, 0.4) is 0 Å². The topological polar surface area (TPSA) is 54.8 Å². The Bertz CT molecular complexity index is 1160. The summed E-state index contributed by atoms with van der Waals surface area (Å²) in [6, 6.07) is 15.8. The minimum absolute atomic E-state index is 0.0132. The van der Waals surface area contributed by atoms with Crippen LogP contribution in [-0.4, -0.2) is 59.5 Å². The van der Waals surface area contributed by atoms with Crippen LogP contribution in [0, 0.1) is 12.7 Å². The third kappa shape index (κ3) is 3.98. The number of nitrogens with zero attached hydrogens (tertiary/aromatic N) is 3. The summed E-state index contributed by atoms with van der Waals surface area (Å²) in [5, 5.41) is 0. The molecule has 1 saturated heterocycles. The Kier molecular flexibility index (Phi) is 5.99. The van der Waals surface area contributed by atoms with Gasteiger partial charge in [-0.2, -0.15) is 0 Å². The Labute approximate surface area is 186 Å². The summed E-state index contributed by atoms with van der Waals surface area (Å²) >= 11 is 0. The van der Waals surface area contributed by atoms with Crippen LogP contribution in [0.15, 0.2) is 54.6 Å². The van der Waals surface area contributed by atoms with Gasteiger partial charge in [0, 0.05) is 44.4 Å². The van der Waals surface area contributed by atoms with E-state index in [-0.39, 0.29) is 17.6 Å². The van der Waals surface area contributed by atoms with Crippen molar-refractivity contribution in [2.45, 2.75) is 13.8 Å². The number of hydrogen-bond donors (Lipinski definition) is 0. The van der Waals surface area contributed by atoms with Crippen LogP contribution >= 0.6 is 0 Å². The van der Waals surface area contributed by atoms with Crippen LogP contribution in [0.25, 0.3) is 16.9 Å². The molecule has 0 saturated carbocycles. The van der Waals surface area contributed by atoms with Gasteiger partial charge >= 0.3 is 0 Å². The number of benzene rings is 2. The summed E-state index contributed by atoms with van der Waals surface area (Å²) in [4.78, 5) is 28.5. The molecular formula is C25H26FN3O3. The van der Waals surface area contributed by atoms with E-state index in [1.165, 1.54) is 13.0 Å². The van der Waals surface area contributed by atoms with E-state index in [1.807, 2.05) is 37.3 Å². The minimum atomic E-state index is -0.371. The maximum Gasteiger partial charge on any atom is 0.255 e. The summed E-state index contributed by atoms with van der Waals surface area (Å²) in [6.07, 6.45) is 0. The van der Waals surface area contributed by atoms with Gasteiger partial charge < -0.3 is 19.1 Å². The first-order valence-electron chi connectivity index (χ1n) is 10.6. The summed E-state index contributed by atoms with van der Waals surface area (Å²) in [5.41, 5.74) is 3.07. The number of aromatic nitrogens is 1. The molecule has 0 N–H and O–H groups in total. The fourth-order valence-corrected chi connectivity index (χ4v) is 4.16. The number of piperazine rings is 1. The number of rotatable bonds is 4. The van der Waals surface area contributed by atoms with Gasteiger partial charge in [0.1, 0.15) is 11.6 Å². The van der Waals surface area contributed by atoms with Gasteiger partial charge in [-0.3, -0.25) is 9.59 Å². The van der Waals surface area contributed by atoms with Gasteiger partial charge in [0.2, 0.25) is 5.91 Å². The second-order valence-corrected chi connectivity index (χ2v) is 7.85. The monoisotopic (exact) mass is 435 g/mol. The Morgan fingerprint density at radius 3 is 2.28 bits per heavy atom. The third-order valence-electron chi connectivity index (χ3n) is 5.95. The first-order chi connectivity index (χ1) is 15.4. The Morgan fingerprint density at radius 2 is 1.62 bits per heavy atom. The lowest BCUT2D eigenvalue weighted by Crippen LogP contribution is -2.50. The predicted molar refractivity (Wildman–Crippen MR) is 121 cm³/mol. The van der Waals surface area contributed by atoms with Crippen molar-refractivity contribution in [2.24, 2.45) is 0 Å². The molecule has 1 aliphatic rings. The van der Waals surface area contributed by atoms with Crippen LogP contribution in [0.4, 0.5) is 4.39 Å². The molecule has 0 bridgehead atoms. The molecule has 1 aromatic heterocycles. The van der Waals surface area contributed by atoms with Gasteiger partial charge in [-0.25, -0.2) is 4.39 Å². The normalized spacial score (nSPS) is 13.9. The second kappa shape index (κ2) is 8.86. The number of carbonyl (C=O) groups is 2. The molecular weight excluding hydrogens is 409 g/mol. The standard InChI is InChI=1S/C25H26FN3O3/c1-17-21(25(31)28-13-11-27(12-14-28)18(2)30)16-24(19-7-6-8-20(15-19)32-3)29(17)23-10-5-4-9-22(23)26/h4-10,15-16H,11-14H2,1-3H3. The van der Waals surface area contributed by atoms with Crippen molar-refractivity contribution in [3.05, 3.63) is 71.7 Å². The zero-order valence-electron chi connectivity index (χ0n) is 18.5. The van der Waals surface area contributed by atoms with E-state index >= 15 is 0 Å². The van der Waals surface area contributed by atoms with E-state index in [9.17, 15) is 14.0 Å². The third-order valence-corrected chi connectivity index (χ3v) is 5.95. The van der Waals surface area contributed by atoms with Crippen LogP contribution in [-0.2, 0) is 4.79 Å². The molecule has 32 heavy (non-hydrogen) atoms. The molecule has 3 aromatic rings. The SMILES string of the molecule is COc1cccc(-c2cc(C(=O)N3CCN(C(C)=O)CC3)c(C)n2-c2ccccc2F)c1. The van der Waals surface area contributed by atoms with Gasteiger partial charge in [0.25, 0.3) is 5.91 Å². The molecule has 1 aliphatic heterocycles. The molecule has 1 fully saturated rings. The average Bonchev–Trinajstić information content (AvgIpc) is 3.16. The maximum absolute atomic E-state index is 14.8. The largest absolute Gasteiger partial charge is 0.497 e. The Balaban J connectivity index is 1.79. The van der Waals surface area contributed by atoms with Gasteiger partial charge in [0.05, 0.1) is 24.1 Å². The molecule has 6 nitrogen and oxygen atoms in total. The van der Waals surface area contributed by atoms with Crippen molar-refractivity contribution < 1.29 is 18.7 Å². The highest BCUT2D eigenvalue weighted by Crippen LogP contribution is 2.33.